The molecule has 0 heterocycles. The van der Waals surface area contributed by atoms with Gasteiger partial charge < -0.3 is 5.11 Å². The summed E-state index contributed by atoms with van der Waals surface area (Å²) in [5, 5.41) is 11.7. The topological polar surface area (TPSA) is 20.2 Å². The van der Waals surface area contributed by atoms with Crippen LogP contribution in [0.15, 0.2) is 18.2 Å². The minimum Gasteiger partial charge on any atom is -0.392 e. The maximum atomic E-state index is 10.3. The summed E-state index contributed by atoms with van der Waals surface area (Å²) < 4.78 is 0. The average Bonchev–Trinajstić information content (AvgIpc) is 2.33. The van der Waals surface area contributed by atoms with Crippen molar-refractivity contribution in [1.29, 1.82) is 0 Å². The van der Waals surface area contributed by atoms with Crippen molar-refractivity contribution in [3.05, 3.63) is 33.8 Å². The number of aliphatic hydroxyl groups is 1. The number of aliphatic hydroxyl groups excluding tert-OH is 1. The predicted octanol–water partition coefficient (Wildman–Crippen LogP) is 5.11. The van der Waals surface area contributed by atoms with Crippen LogP contribution in [0, 0.1) is 5.92 Å². The van der Waals surface area contributed by atoms with E-state index < -0.39 is 0 Å². The van der Waals surface area contributed by atoms with E-state index in [4.69, 9.17) is 23.2 Å². The van der Waals surface area contributed by atoms with E-state index in [9.17, 15) is 5.11 Å². The third-order valence-corrected chi connectivity index (χ3v) is 3.90. The number of benzene rings is 1. The predicted molar refractivity (Wildman–Crippen MR) is 79.5 cm³/mol. The summed E-state index contributed by atoms with van der Waals surface area (Å²) >= 11 is 12.1. The molecular weight excluding hydrogens is 267 g/mol. The molecule has 0 aliphatic rings. The Labute approximate surface area is 120 Å². The summed E-state index contributed by atoms with van der Waals surface area (Å²) in [6.45, 7) is 4.31. The van der Waals surface area contributed by atoms with Gasteiger partial charge in [-0.15, -0.1) is 0 Å². The molecule has 18 heavy (non-hydrogen) atoms. The molecule has 0 saturated carbocycles. The van der Waals surface area contributed by atoms with Gasteiger partial charge in [0.05, 0.1) is 6.10 Å². The van der Waals surface area contributed by atoms with E-state index in [0.29, 0.717) is 22.4 Å². The van der Waals surface area contributed by atoms with Gasteiger partial charge in [0.15, 0.2) is 0 Å². The minimum absolute atomic E-state index is 0.333. The Morgan fingerprint density at radius 3 is 2.28 bits per heavy atom. The van der Waals surface area contributed by atoms with Gasteiger partial charge in [0, 0.05) is 16.5 Å². The fraction of sp³-hybridized carbons (Fsp3) is 0.600. The second-order valence-electron chi connectivity index (χ2n) is 4.84. The Hall–Kier alpha value is -0.240. The number of hydrogen-bond acceptors (Lipinski definition) is 1. The van der Waals surface area contributed by atoms with Crippen LogP contribution in [0.2, 0.25) is 10.0 Å². The molecule has 0 radical (unpaired) electrons. The fourth-order valence-corrected chi connectivity index (χ4v) is 2.75. The molecule has 1 aromatic rings. The van der Waals surface area contributed by atoms with E-state index in [0.717, 1.165) is 31.2 Å². The Morgan fingerprint density at radius 1 is 1.11 bits per heavy atom. The van der Waals surface area contributed by atoms with Crippen molar-refractivity contribution < 1.29 is 5.11 Å². The van der Waals surface area contributed by atoms with Crippen molar-refractivity contribution in [3.63, 3.8) is 0 Å². The maximum absolute atomic E-state index is 10.3. The number of hydrogen-bond donors (Lipinski definition) is 1. The first-order chi connectivity index (χ1) is 8.58. The van der Waals surface area contributed by atoms with E-state index in [1.165, 1.54) is 0 Å². The van der Waals surface area contributed by atoms with Gasteiger partial charge in [-0.3, -0.25) is 0 Å². The molecule has 0 aromatic heterocycles. The summed E-state index contributed by atoms with van der Waals surface area (Å²) in [6.07, 6.45) is 4.58. The SMILES string of the molecule is CCCC(CCC)C(O)Cc1cc(Cl)ccc1Cl. The molecule has 0 aliphatic carbocycles. The highest BCUT2D eigenvalue weighted by molar-refractivity contribution is 6.33. The van der Waals surface area contributed by atoms with Gasteiger partial charge in [0.2, 0.25) is 0 Å². The molecular formula is C15H22Cl2O. The third kappa shape index (κ3) is 4.79. The van der Waals surface area contributed by atoms with Gasteiger partial charge in [-0.2, -0.15) is 0 Å². The summed E-state index contributed by atoms with van der Waals surface area (Å²) in [4.78, 5) is 0. The van der Waals surface area contributed by atoms with E-state index in [1.54, 1.807) is 12.1 Å². The van der Waals surface area contributed by atoms with Crippen LogP contribution in [-0.4, -0.2) is 11.2 Å². The molecule has 1 aromatic carbocycles. The normalized spacial score (nSPS) is 13.0. The van der Waals surface area contributed by atoms with Crippen LogP contribution < -0.4 is 0 Å². The molecule has 1 nitrogen and oxygen atoms in total. The zero-order chi connectivity index (χ0) is 13.5. The lowest BCUT2D eigenvalue weighted by molar-refractivity contribution is 0.0964. The standard InChI is InChI=1S/C15H22Cl2O/c1-3-5-11(6-4-2)15(18)10-12-9-13(16)7-8-14(12)17/h7-9,11,15,18H,3-6,10H2,1-2H3. The van der Waals surface area contributed by atoms with Gasteiger partial charge in [-0.1, -0.05) is 49.9 Å². The molecule has 1 rings (SSSR count). The zero-order valence-electron chi connectivity index (χ0n) is 11.1. The monoisotopic (exact) mass is 288 g/mol. The lowest BCUT2D eigenvalue weighted by atomic mass is 9.89. The summed E-state index contributed by atoms with van der Waals surface area (Å²) in [5.74, 6) is 0.357. The Balaban J connectivity index is 2.71. The Bertz CT molecular complexity index is 360. The highest BCUT2D eigenvalue weighted by Gasteiger charge is 2.19. The van der Waals surface area contributed by atoms with Gasteiger partial charge in [-0.25, -0.2) is 0 Å². The molecule has 1 N–H and O–H groups in total. The first-order valence-electron chi connectivity index (χ1n) is 6.70. The van der Waals surface area contributed by atoms with Crippen LogP contribution in [0.1, 0.15) is 45.1 Å². The zero-order valence-corrected chi connectivity index (χ0v) is 12.6. The van der Waals surface area contributed by atoms with Crippen LogP contribution in [0.3, 0.4) is 0 Å². The molecule has 0 fully saturated rings. The molecule has 0 saturated heterocycles. The Kier molecular flexibility index (Phi) is 7.06. The molecule has 3 heteroatoms. The molecule has 0 amide bonds. The molecule has 1 unspecified atom stereocenters. The third-order valence-electron chi connectivity index (χ3n) is 3.30. The molecule has 0 spiro atoms. The smallest absolute Gasteiger partial charge is 0.0609 e. The van der Waals surface area contributed by atoms with Crippen molar-refractivity contribution >= 4 is 23.2 Å². The van der Waals surface area contributed by atoms with Gasteiger partial charge >= 0.3 is 0 Å². The number of halogens is 2. The van der Waals surface area contributed by atoms with E-state index in [1.807, 2.05) is 6.07 Å². The second kappa shape index (κ2) is 8.04. The van der Waals surface area contributed by atoms with Crippen molar-refractivity contribution in [2.45, 2.75) is 52.1 Å². The average molecular weight is 289 g/mol. The van der Waals surface area contributed by atoms with Crippen molar-refractivity contribution in [2.75, 3.05) is 0 Å². The number of rotatable bonds is 7. The van der Waals surface area contributed by atoms with E-state index in [-0.39, 0.29) is 6.10 Å². The van der Waals surface area contributed by atoms with Gasteiger partial charge in [-0.05, 0) is 42.5 Å². The van der Waals surface area contributed by atoms with E-state index >= 15 is 0 Å². The minimum atomic E-state index is -0.333. The van der Waals surface area contributed by atoms with Crippen molar-refractivity contribution in [2.24, 2.45) is 5.92 Å². The van der Waals surface area contributed by atoms with Crippen molar-refractivity contribution in [1.82, 2.24) is 0 Å². The van der Waals surface area contributed by atoms with Crippen LogP contribution in [0.4, 0.5) is 0 Å². The van der Waals surface area contributed by atoms with Crippen molar-refractivity contribution in [3.8, 4) is 0 Å². The molecule has 1 atom stereocenters. The lowest BCUT2D eigenvalue weighted by Crippen LogP contribution is -2.23. The largest absolute Gasteiger partial charge is 0.392 e. The highest BCUT2D eigenvalue weighted by atomic mass is 35.5. The highest BCUT2D eigenvalue weighted by Crippen LogP contribution is 2.26. The van der Waals surface area contributed by atoms with Gasteiger partial charge in [0.25, 0.3) is 0 Å². The fourth-order valence-electron chi connectivity index (χ4n) is 2.36. The van der Waals surface area contributed by atoms with Crippen LogP contribution >= 0.6 is 23.2 Å². The summed E-state index contributed by atoms with van der Waals surface area (Å²) in [5.41, 5.74) is 0.939. The quantitative estimate of drug-likeness (QED) is 0.739. The van der Waals surface area contributed by atoms with Crippen LogP contribution in [-0.2, 0) is 6.42 Å². The lowest BCUT2D eigenvalue weighted by Gasteiger charge is -2.22. The first-order valence-corrected chi connectivity index (χ1v) is 7.46. The van der Waals surface area contributed by atoms with Gasteiger partial charge in [0.1, 0.15) is 0 Å². The van der Waals surface area contributed by atoms with E-state index in [2.05, 4.69) is 13.8 Å². The summed E-state index contributed by atoms with van der Waals surface area (Å²) in [6, 6.07) is 5.41. The Morgan fingerprint density at radius 2 is 1.72 bits per heavy atom. The first kappa shape index (κ1) is 15.8. The molecule has 0 aliphatic heterocycles. The summed E-state index contributed by atoms with van der Waals surface area (Å²) in [7, 11) is 0. The second-order valence-corrected chi connectivity index (χ2v) is 5.69. The molecule has 0 bridgehead atoms. The molecule has 102 valence electrons. The van der Waals surface area contributed by atoms with Crippen LogP contribution in [0.5, 0.6) is 0 Å². The maximum Gasteiger partial charge on any atom is 0.0609 e. The van der Waals surface area contributed by atoms with Crippen LogP contribution in [0.25, 0.3) is 0 Å².